The van der Waals surface area contributed by atoms with Gasteiger partial charge in [-0.15, -0.1) is 11.8 Å². The van der Waals surface area contributed by atoms with Crippen molar-refractivity contribution < 1.29 is 9.53 Å². The smallest absolute Gasteiger partial charge is 0.243 e. The van der Waals surface area contributed by atoms with Crippen LogP contribution in [0.1, 0.15) is 25.7 Å². The lowest BCUT2D eigenvalue weighted by Gasteiger charge is -2.16. The number of nitrogens with two attached hydrogens (primary N) is 1. The number of thioether (sulfide) groups is 1. The van der Waals surface area contributed by atoms with Crippen molar-refractivity contribution in [2.24, 2.45) is 5.73 Å². The molecule has 1 aromatic carbocycles. The largest absolute Gasteiger partial charge is 0.383 e. The Morgan fingerprint density at radius 1 is 1.45 bits per heavy atom. The maximum atomic E-state index is 12.0. The third kappa shape index (κ3) is 4.23. The number of hydrogen-bond donors (Lipinski definition) is 2. The molecule has 0 bridgehead atoms. The molecule has 1 aliphatic rings. The number of carbonyl (C=O) groups excluding carboxylic acids is 1. The number of rotatable bonds is 6. The van der Waals surface area contributed by atoms with E-state index in [-0.39, 0.29) is 12.5 Å². The summed E-state index contributed by atoms with van der Waals surface area (Å²) in [5.74, 6) is -0.202. The monoisotopic (exact) mass is 294 g/mol. The van der Waals surface area contributed by atoms with E-state index in [9.17, 15) is 4.79 Å². The van der Waals surface area contributed by atoms with Crippen LogP contribution in [-0.4, -0.2) is 30.9 Å². The standard InChI is InChI=1S/C15H22N2O2S/c1-19-10-12(16)15(18)17-13-8-4-5-9-14(13)20-11-6-2-3-7-11/h4-5,8-9,11-12H,2-3,6-7,10,16H2,1H3,(H,17,18). The number of amides is 1. The van der Waals surface area contributed by atoms with Gasteiger partial charge >= 0.3 is 0 Å². The highest BCUT2D eigenvalue weighted by molar-refractivity contribution is 8.00. The first-order valence-electron chi connectivity index (χ1n) is 7.01. The van der Waals surface area contributed by atoms with Gasteiger partial charge in [0, 0.05) is 17.3 Å². The number of anilines is 1. The average Bonchev–Trinajstić information content (AvgIpc) is 2.94. The normalized spacial score (nSPS) is 17.1. The highest BCUT2D eigenvalue weighted by Gasteiger charge is 2.19. The zero-order chi connectivity index (χ0) is 14.4. The van der Waals surface area contributed by atoms with Crippen molar-refractivity contribution in [2.75, 3.05) is 19.0 Å². The van der Waals surface area contributed by atoms with Crippen molar-refractivity contribution in [3.05, 3.63) is 24.3 Å². The first kappa shape index (κ1) is 15.4. The lowest BCUT2D eigenvalue weighted by molar-refractivity contribution is -0.118. The van der Waals surface area contributed by atoms with E-state index in [1.54, 1.807) is 0 Å². The summed E-state index contributed by atoms with van der Waals surface area (Å²) >= 11 is 1.86. The number of nitrogens with one attached hydrogen (secondary N) is 1. The van der Waals surface area contributed by atoms with Crippen molar-refractivity contribution in [1.29, 1.82) is 0 Å². The highest BCUT2D eigenvalue weighted by Crippen LogP contribution is 2.37. The molecule has 1 amide bonds. The van der Waals surface area contributed by atoms with Crippen LogP contribution < -0.4 is 11.1 Å². The van der Waals surface area contributed by atoms with E-state index in [1.165, 1.54) is 32.8 Å². The first-order chi connectivity index (χ1) is 9.70. The molecular formula is C15H22N2O2S. The number of methoxy groups -OCH3 is 1. The number of benzene rings is 1. The van der Waals surface area contributed by atoms with E-state index in [4.69, 9.17) is 10.5 Å². The molecular weight excluding hydrogens is 272 g/mol. The third-order valence-corrected chi connectivity index (χ3v) is 4.84. The van der Waals surface area contributed by atoms with E-state index < -0.39 is 6.04 Å². The van der Waals surface area contributed by atoms with Gasteiger partial charge in [0.15, 0.2) is 0 Å². The molecule has 1 atom stereocenters. The molecule has 0 radical (unpaired) electrons. The van der Waals surface area contributed by atoms with Crippen LogP contribution in [0.5, 0.6) is 0 Å². The minimum atomic E-state index is -0.635. The van der Waals surface area contributed by atoms with Crippen LogP contribution >= 0.6 is 11.8 Å². The second-order valence-electron chi connectivity index (χ2n) is 5.07. The van der Waals surface area contributed by atoms with Gasteiger partial charge in [-0.3, -0.25) is 4.79 Å². The van der Waals surface area contributed by atoms with Crippen LogP contribution in [0.25, 0.3) is 0 Å². The molecule has 3 N–H and O–H groups in total. The summed E-state index contributed by atoms with van der Waals surface area (Å²) < 4.78 is 4.91. The SMILES string of the molecule is COCC(N)C(=O)Nc1ccccc1SC1CCCC1. The van der Waals surface area contributed by atoms with Crippen molar-refractivity contribution in [3.8, 4) is 0 Å². The highest BCUT2D eigenvalue weighted by atomic mass is 32.2. The summed E-state index contributed by atoms with van der Waals surface area (Å²) in [7, 11) is 1.54. The Kier molecular flexibility index (Phi) is 5.88. The predicted octanol–water partition coefficient (Wildman–Crippen LogP) is 2.63. The molecule has 1 aliphatic carbocycles. The lowest BCUT2D eigenvalue weighted by atomic mass is 10.2. The minimum absolute atomic E-state index is 0.202. The molecule has 1 unspecified atom stereocenters. The van der Waals surface area contributed by atoms with Crippen LogP contribution in [0, 0.1) is 0 Å². The van der Waals surface area contributed by atoms with Gasteiger partial charge in [-0.25, -0.2) is 0 Å². The molecule has 0 aliphatic heterocycles. The summed E-state index contributed by atoms with van der Waals surface area (Å²) in [6.45, 7) is 0.226. The molecule has 1 fully saturated rings. The van der Waals surface area contributed by atoms with Gasteiger partial charge in [0.25, 0.3) is 0 Å². The zero-order valence-electron chi connectivity index (χ0n) is 11.8. The molecule has 5 heteroatoms. The Hall–Kier alpha value is -1.04. The molecule has 1 aromatic rings. The van der Waals surface area contributed by atoms with E-state index in [0.717, 1.165) is 10.6 Å². The van der Waals surface area contributed by atoms with Crippen LogP contribution in [0.4, 0.5) is 5.69 Å². The molecule has 0 heterocycles. The zero-order valence-corrected chi connectivity index (χ0v) is 12.6. The minimum Gasteiger partial charge on any atom is -0.383 e. The fourth-order valence-corrected chi connectivity index (χ4v) is 3.67. The summed E-state index contributed by atoms with van der Waals surface area (Å²) in [6, 6.07) is 7.28. The second-order valence-corrected chi connectivity index (χ2v) is 6.41. The van der Waals surface area contributed by atoms with Crippen LogP contribution in [-0.2, 0) is 9.53 Å². The van der Waals surface area contributed by atoms with Gasteiger partial charge < -0.3 is 15.8 Å². The average molecular weight is 294 g/mol. The molecule has 4 nitrogen and oxygen atoms in total. The van der Waals surface area contributed by atoms with Gasteiger partial charge in [-0.05, 0) is 25.0 Å². The van der Waals surface area contributed by atoms with Gasteiger partial charge in [-0.1, -0.05) is 25.0 Å². The second kappa shape index (κ2) is 7.67. The van der Waals surface area contributed by atoms with E-state index in [0.29, 0.717) is 5.25 Å². The molecule has 0 spiro atoms. The third-order valence-electron chi connectivity index (χ3n) is 3.42. The van der Waals surface area contributed by atoms with E-state index in [1.807, 2.05) is 30.0 Å². The van der Waals surface area contributed by atoms with Crippen molar-refractivity contribution in [3.63, 3.8) is 0 Å². The molecule has 20 heavy (non-hydrogen) atoms. The van der Waals surface area contributed by atoms with E-state index >= 15 is 0 Å². The summed E-state index contributed by atoms with van der Waals surface area (Å²) in [5, 5.41) is 3.57. The summed E-state index contributed by atoms with van der Waals surface area (Å²) in [5.41, 5.74) is 6.59. The lowest BCUT2D eigenvalue weighted by Crippen LogP contribution is -2.39. The maximum Gasteiger partial charge on any atom is 0.243 e. The number of para-hydroxylation sites is 1. The number of hydrogen-bond acceptors (Lipinski definition) is 4. The topological polar surface area (TPSA) is 64.3 Å². The molecule has 2 rings (SSSR count). The molecule has 110 valence electrons. The number of ether oxygens (including phenoxy) is 1. The Morgan fingerprint density at radius 2 is 2.15 bits per heavy atom. The van der Waals surface area contributed by atoms with Crippen LogP contribution in [0.2, 0.25) is 0 Å². The van der Waals surface area contributed by atoms with Crippen molar-refractivity contribution in [1.82, 2.24) is 0 Å². The summed E-state index contributed by atoms with van der Waals surface area (Å²) in [6.07, 6.45) is 5.14. The predicted molar refractivity (Wildman–Crippen MR) is 83.0 cm³/mol. The fourth-order valence-electron chi connectivity index (χ4n) is 2.34. The Balaban J connectivity index is 2.01. The first-order valence-corrected chi connectivity index (χ1v) is 7.89. The van der Waals surface area contributed by atoms with Gasteiger partial charge in [-0.2, -0.15) is 0 Å². The van der Waals surface area contributed by atoms with Crippen LogP contribution in [0.15, 0.2) is 29.2 Å². The van der Waals surface area contributed by atoms with E-state index in [2.05, 4.69) is 11.4 Å². The van der Waals surface area contributed by atoms with Gasteiger partial charge in [0.1, 0.15) is 6.04 Å². The molecule has 0 aromatic heterocycles. The quantitative estimate of drug-likeness (QED) is 0.846. The Morgan fingerprint density at radius 3 is 2.85 bits per heavy atom. The molecule has 0 saturated heterocycles. The van der Waals surface area contributed by atoms with Crippen LogP contribution in [0.3, 0.4) is 0 Å². The molecule has 1 saturated carbocycles. The number of carbonyl (C=O) groups is 1. The Bertz CT molecular complexity index is 447. The van der Waals surface area contributed by atoms with Gasteiger partial charge in [0.05, 0.1) is 12.3 Å². The van der Waals surface area contributed by atoms with Crippen molar-refractivity contribution in [2.45, 2.75) is 41.9 Å². The maximum absolute atomic E-state index is 12.0. The van der Waals surface area contributed by atoms with Crippen molar-refractivity contribution >= 4 is 23.4 Å². The fraction of sp³-hybridized carbons (Fsp3) is 0.533. The Labute approximate surface area is 124 Å². The summed E-state index contributed by atoms with van der Waals surface area (Å²) in [4.78, 5) is 13.1. The van der Waals surface area contributed by atoms with Gasteiger partial charge in [0.2, 0.25) is 5.91 Å².